The molecule has 445 valence electrons. The Morgan fingerprint density at radius 3 is 1.73 bits per heavy atom. The van der Waals surface area contributed by atoms with E-state index in [1.165, 1.54) is 92.1 Å². The van der Waals surface area contributed by atoms with E-state index in [-0.39, 0.29) is 20.7 Å². The summed E-state index contributed by atoms with van der Waals surface area (Å²) in [4.78, 5) is 4.11. The number of nitrogens with zero attached hydrogens (tertiary/aromatic N) is 2. The number of allylic oxidation sites excluding steroid dienone is 2. The second-order valence-corrected chi connectivity index (χ2v) is 27.0. The number of halogens is 2. The van der Waals surface area contributed by atoms with Gasteiger partial charge < -0.3 is 19.4 Å². The Morgan fingerprint density at radius 2 is 1.21 bits per heavy atom. The summed E-state index contributed by atoms with van der Waals surface area (Å²) < 4.78 is 27.5. The summed E-state index contributed by atoms with van der Waals surface area (Å²) in [6.45, 7) is 21.9. The number of fused-ring (bicyclic) bond motifs is 2. The van der Waals surface area contributed by atoms with Crippen molar-refractivity contribution in [2.75, 3.05) is 6.66 Å². The summed E-state index contributed by atoms with van der Waals surface area (Å²) in [5.74, 6) is 1.22. The van der Waals surface area contributed by atoms with Crippen molar-refractivity contribution in [3.8, 4) is 22.6 Å². The van der Waals surface area contributed by atoms with Crippen LogP contribution in [0.1, 0.15) is 108 Å². The van der Waals surface area contributed by atoms with E-state index in [9.17, 15) is 5.11 Å². The quantitative estimate of drug-likeness (QED) is 0.0433. The van der Waals surface area contributed by atoms with Crippen molar-refractivity contribution in [3.63, 3.8) is 0 Å². The first-order valence-corrected chi connectivity index (χ1v) is 35.2. The molecule has 2 aliphatic carbocycles. The zero-order chi connectivity index (χ0) is 60.4. The number of phenols is 1. The van der Waals surface area contributed by atoms with E-state index in [1.807, 2.05) is 93.3 Å². The molecule has 2 aliphatic rings. The van der Waals surface area contributed by atoms with Gasteiger partial charge in [-0.2, -0.15) is 29.6 Å². The fourth-order valence-corrected chi connectivity index (χ4v) is 12.5. The van der Waals surface area contributed by atoms with E-state index in [1.54, 1.807) is 34.3 Å². The number of benzene rings is 7. The van der Waals surface area contributed by atoms with Gasteiger partial charge in [-0.25, -0.2) is 0 Å². The topological polar surface area (TPSA) is 82.2 Å². The van der Waals surface area contributed by atoms with E-state index in [0.29, 0.717) is 5.75 Å². The fourth-order valence-electron chi connectivity index (χ4n) is 9.12. The van der Waals surface area contributed by atoms with Gasteiger partial charge in [0.2, 0.25) is 0 Å². The molecular weight excluding hydrogens is 1330 g/mol. The summed E-state index contributed by atoms with van der Waals surface area (Å²) in [5, 5.41) is 11.0. The number of aromatic hydroxyl groups is 1. The normalized spacial score (nSPS) is 11.9. The molecule has 0 saturated carbocycles. The van der Waals surface area contributed by atoms with Gasteiger partial charge in [0.1, 0.15) is 5.75 Å². The van der Waals surface area contributed by atoms with Crippen molar-refractivity contribution in [1.82, 2.24) is 4.98 Å². The molecule has 0 saturated heterocycles. The molecule has 8 aromatic rings. The van der Waals surface area contributed by atoms with Crippen LogP contribution in [-0.4, -0.2) is 16.2 Å². The van der Waals surface area contributed by atoms with Crippen molar-refractivity contribution in [3.05, 3.63) is 278 Å². The van der Waals surface area contributed by atoms with Gasteiger partial charge in [-0.1, -0.05) is 132 Å². The molecule has 1 heterocycles. The van der Waals surface area contributed by atoms with Crippen LogP contribution in [0.4, 0.5) is 5.69 Å². The van der Waals surface area contributed by atoms with Crippen molar-refractivity contribution in [2.45, 2.75) is 119 Å². The molecule has 7 aromatic carbocycles. The standard InChI is InChI=1S/C21H22Br2O.C10H14OP2.C10H12.C9H10.C8H7O.C7H7N.C6H8N.CH4.Mn.Mo.O/c1-12-17(22)10-13-6-2-4-8-15(13)19(12)20-16-9-5-3-7-14(16)11-18(23)21(20)24;1-13(12)11-9-5-8-10-6-3-2-4-7-10;1-10(2,3)9-7-5-4-6-8-9;1-2-6-9-7-4-3-5-8-9;1-2-9-8-6-4-3-5-7-8;1-6-4-2-3-5-7(6)8;1-5-3-4-6(2)7-5;;;;/h10-11,24H,2-9H2,1H3;2-7,9H,8,12H2,1H3;1,4-8H,2-3H3;2-5,7-8H,1,6H2;2,4-7H,1H2;2-5H,1H3;3-4H,1-2H3;1H4;;;/q;;;;-1;;-1;;;;/b;9-5-;;;;;;;;;. The van der Waals surface area contributed by atoms with Gasteiger partial charge in [0.05, 0.1) is 24.8 Å². The van der Waals surface area contributed by atoms with Crippen LogP contribution in [0.15, 0.2) is 214 Å². The minimum absolute atomic E-state index is 0. The molecule has 0 amide bonds. The van der Waals surface area contributed by atoms with E-state index < -0.39 is 17.9 Å². The van der Waals surface area contributed by atoms with E-state index in [0.717, 1.165) is 71.4 Å². The maximum atomic E-state index is 11.0. The molecule has 1 N–H and O–H groups in total. The summed E-state index contributed by atoms with van der Waals surface area (Å²) in [6.07, 6.45) is 18.5. The molecule has 0 aliphatic heterocycles. The summed E-state index contributed by atoms with van der Waals surface area (Å²) in [7, 11) is 2.30. The monoisotopic (exact) mass is 1410 g/mol. The van der Waals surface area contributed by atoms with Crippen molar-refractivity contribution in [1.29, 1.82) is 0 Å². The Kier molecular flexibility index (Phi) is 35.8. The van der Waals surface area contributed by atoms with Gasteiger partial charge in [-0.05, 0) is 156 Å². The first-order chi connectivity index (χ1) is 40.1. The molecule has 0 bridgehead atoms. The zero-order valence-electron chi connectivity index (χ0n) is 49.1. The van der Waals surface area contributed by atoms with Crippen LogP contribution in [0.5, 0.6) is 11.5 Å². The predicted molar refractivity (Wildman–Crippen MR) is 362 cm³/mol. The van der Waals surface area contributed by atoms with Gasteiger partial charge in [0.15, 0.2) is 0 Å². The fraction of sp³-hybridized carbons (Fsp3) is 0.264. The number of aromatic nitrogens is 1. The Morgan fingerprint density at radius 1 is 0.714 bits per heavy atom. The van der Waals surface area contributed by atoms with E-state index in [2.05, 4.69) is 188 Å². The Balaban J connectivity index is 0.000000276. The number of hydrogen-bond donors (Lipinski definition) is 1. The van der Waals surface area contributed by atoms with Crippen molar-refractivity contribution >= 4 is 58.7 Å². The molecule has 0 spiro atoms. The predicted octanol–water partition coefficient (Wildman–Crippen LogP) is 21.1. The van der Waals surface area contributed by atoms with Crippen molar-refractivity contribution < 1.29 is 52.1 Å². The Bertz CT molecular complexity index is 3160. The Labute approximate surface area is 540 Å². The summed E-state index contributed by atoms with van der Waals surface area (Å²) in [6, 6.07) is 58.2. The van der Waals surface area contributed by atoms with Crippen LogP contribution in [-0.2, 0) is 86.2 Å². The second kappa shape index (κ2) is 41.1. The van der Waals surface area contributed by atoms with Gasteiger partial charge in [0, 0.05) is 15.8 Å². The number of ether oxygens (including phenoxy) is 1. The van der Waals surface area contributed by atoms with Crippen molar-refractivity contribution in [2.24, 2.45) is 3.50 Å². The second-order valence-electron chi connectivity index (χ2n) is 20.3. The number of hydrogen-bond acceptors (Lipinski definition) is 5. The zero-order valence-corrected chi connectivity index (χ0v) is 57.5. The van der Waals surface area contributed by atoms with Gasteiger partial charge >= 0.3 is 143 Å². The minimum atomic E-state index is -0.473. The first kappa shape index (κ1) is 73.2. The first-order valence-electron chi connectivity index (χ1n) is 27.7. The molecule has 12 heteroatoms. The van der Waals surface area contributed by atoms with Gasteiger partial charge in [-0.15, -0.1) is 18.7 Å². The molecule has 0 radical (unpaired) electrons. The number of rotatable bonds is 12. The van der Waals surface area contributed by atoms with Crippen LogP contribution in [0, 0.1) is 33.8 Å². The average Bonchev–Trinajstić information content (AvgIpc) is 1.51. The van der Waals surface area contributed by atoms with Crippen LogP contribution in [0.25, 0.3) is 11.1 Å². The van der Waals surface area contributed by atoms with Crippen LogP contribution < -0.4 is 9.72 Å². The van der Waals surface area contributed by atoms with E-state index in [4.69, 9.17) is 16.6 Å². The third-order valence-corrected chi connectivity index (χ3v) is 18.1. The summed E-state index contributed by atoms with van der Waals surface area (Å²) in [5.41, 5.74) is 18.1. The van der Waals surface area contributed by atoms with Crippen LogP contribution >= 0.6 is 48.6 Å². The molecule has 1 aromatic heterocycles. The van der Waals surface area contributed by atoms with Gasteiger partial charge in [0.25, 0.3) is 0 Å². The number of aryl methyl sites for hydroxylation is 5. The third kappa shape index (κ3) is 25.9. The molecule has 2 atom stereocenters. The van der Waals surface area contributed by atoms with Crippen LogP contribution in [0.2, 0.25) is 0 Å². The molecule has 10 rings (SSSR count). The molecule has 0 fully saturated rings. The average molecular weight is 1410 g/mol. The van der Waals surface area contributed by atoms with Gasteiger partial charge in [-0.3, -0.25) is 0 Å². The number of phenolic OH excluding ortho intramolecular Hbond substituents is 1. The molecule has 84 heavy (non-hydrogen) atoms. The Hall–Kier alpha value is -5.06. The van der Waals surface area contributed by atoms with Crippen LogP contribution in [0.3, 0.4) is 0 Å². The molecule has 6 nitrogen and oxygen atoms in total. The maximum absolute atomic E-state index is 11.0. The SMILES string of the molecule is C.C=CCc1ccccc1.C=COc1cc[c-]cc1.CP(P)O/C=C\Cc1ccccc1.Cc1c(Br)cc2c(c1-c1c(O)c(Br)cc3c1CCCC3)CCCC2.Cc1ccc(C)[n-]1.Cc1ccccc1[N]=[Mo]=[CH]C(C)(C)c1ccccc1.[O]=[Mn]. The summed E-state index contributed by atoms with van der Waals surface area (Å²) >= 11 is 8.58. The molecular formula is C72H84Br2MnMoN2O4P2-2. The third-order valence-electron chi connectivity index (χ3n) is 13.4. The molecule has 2 unspecified atom stereocenters. The van der Waals surface area contributed by atoms with E-state index >= 15 is 0 Å².